The number of hydrogen-bond donors (Lipinski definition) is 1. The largest absolute Gasteiger partial charge is 0.467 e. The van der Waals surface area contributed by atoms with E-state index in [0.717, 1.165) is 0 Å². The van der Waals surface area contributed by atoms with Crippen molar-refractivity contribution in [2.75, 3.05) is 7.11 Å². The highest BCUT2D eigenvalue weighted by atomic mass is 16.5. The Kier molecular flexibility index (Phi) is 2.98. The number of hydrogen-bond acceptors (Lipinski definition) is 4. The molecule has 0 heterocycles. The second-order valence-corrected chi connectivity index (χ2v) is 4.23. The predicted octanol–water partition coefficient (Wildman–Crippen LogP) is 1.18. The van der Waals surface area contributed by atoms with Crippen LogP contribution in [0.2, 0.25) is 0 Å². The van der Waals surface area contributed by atoms with Crippen molar-refractivity contribution in [3.8, 4) is 0 Å². The SMILES string of the molecule is COC(=O)C(O)(C(=O)c1ccccc1)C1CC1. The number of ketones is 1. The Morgan fingerprint density at radius 3 is 2.35 bits per heavy atom. The van der Waals surface area contributed by atoms with Crippen LogP contribution in [-0.2, 0) is 9.53 Å². The van der Waals surface area contributed by atoms with Crippen LogP contribution in [0.15, 0.2) is 30.3 Å². The molecule has 1 aliphatic rings. The lowest BCUT2D eigenvalue weighted by molar-refractivity contribution is -0.158. The summed E-state index contributed by atoms with van der Waals surface area (Å²) in [5.41, 5.74) is -1.69. The Labute approximate surface area is 99.2 Å². The van der Waals surface area contributed by atoms with E-state index in [0.29, 0.717) is 18.4 Å². The van der Waals surface area contributed by atoms with Crippen molar-refractivity contribution in [1.29, 1.82) is 0 Å². The number of carbonyl (C=O) groups is 2. The summed E-state index contributed by atoms with van der Waals surface area (Å²) >= 11 is 0. The fraction of sp³-hybridized carbons (Fsp3) is 0.385. The molecule has 1 N–H and O–H groups in total. The Hall–Kier alpha value is -1.68. The third kappa shape index (κ3) is 1.96. The number of benzene rings is 1. The zero-order valence-corrected chi connectivity index (χ0v) is 9.55. The first-order chi connectivity index (χ1) is 8.10. The topological polar surface area (TPSA) is 63.6 Å². The van der Waals surface area contributed by atoms with Crippen LogP contribution in [0.1, 0.15) is 23.2 Å². The Bertz CT molecular complexity index is 436. The average Bonchev–Trinajstić information content (AvgIpc) is 3.21. The van der Waals surface area contributed by atoms with E-state index in [4.69, 9.17) is 0 Å². The van der Waals surface area contributed by atoms with E-state index in [9.17, 15) is 14.7 Å². The first-order valence-electron chi connectivity index (χ1n) is 5.51. The number of esters is 1. The van der Waals surface area contributed by atoms with Crippen LogP contribution >= 0.6 is 0 Å². The van der Waals surface area contributed by atoms with Gasteiger partial charge < -0.3 is 9.84 Å². The van der Waals surface area contributed by atoms with E-state index in [-0.39, 0.29) is 5.92 Å². The first kappa shape index (κ1) is 11.8. The summed E-state index contributed by atoms with van der Waals surface area (Å²) in [5.74, 6) is -1.76. The van der Waals surface area contributed by atoms with Crippen molar-refractivity contribution in [2.45, 2.75) is 18.4 Å². The predicted molar refractivity (Wildman–Crippen MR) is 60.5 cm³/mol. The molecule has 4 nitrogen and oxygen atoms in total. The van der Waals surface area contributed by atoms with E-state index < -0.39 is 17.4 Å². The lowest BCUT2D eigenvalue weighted by Gasteiger charge is -2.23. The molecule has 1 saturated carbocycles. The van der Waals surface area contributed by atoms with Gasteiger partial charge in [0.05, 0.1) is 7.11 Å². The minimum absolute atomic E-state index is 0.317. The van der Waals surface area contributed by atoms with Crippen LogP contribution in [0.3, 0.4) is 0 Å². The fourth-order valence-electron chi connectivity index (χ4n) is 1.91. The summed E-state index contributed by atoms with van der Waals surface area (Å²) in [6, 6.07) is 8.32. The zero-order valence-electron chi connectivity index (χ0n) is 9.55. The van der Waals surface area contributed by atoms with Gasteiger partial charge in [-0.15, -0.1) is 0 Å². The lowest BCUT2D eigenvalue weighted by atomic mass is 9.88. The molecule has 0 bridgehead atoms. The molecular weight excluding hydrogens is 220 g/mol. The highest BCUT2D eigenvalue weighted by molar-refractivity contribution is 6.15. The fourth-order valence-corrected chi connectivity index (χ4v) is 1.91. The molecular formula is C13H14O4. The molecule has 2 rings (SSSR count). The van der Waals surface area contributed by atoms with E-state index >= 15 is 0 Å². The summed E-state index contributed by atoms with van der Waals surface area (Å²) in [4.78, 5) is 23.8. The molecule has 90 valence electrons. The van der Waals surface area contributed by atoms with Crippen molar-refractivity contribution in [1.82, 2.24) is 0 Å². The van der Waals surface area contributed by atoms with Crippen molar-refractivity contribution < 1.29 is 19.4 Å². The van der Waals surface area contributed by atoms with Crippen LogP contribution in [0.25, 0.3) is 0 Å². The van der Waals surface area contributed by atoms with Crippen LogP contribution < -0.4 is 0 Å². The van der Waals surface area contributed by atoms with Crippen LogP contribution in [0.5, 0.6) is 0 Å². The van der Waals surface area contributed by atoms with E-state index in [1.54, 1.807) is 30.3 Å². The number of aliphatic hydroxyl groups is 1. The number of rotatable bonds is 4. The van der Waals surface area contributed by atoms with E-state index in [1.807, 2.05) is 0 Å². The van der Waals surface area contributed by atoms with Crippen molar-refractivity contribution in [2.24, 2.45) is 5.92 Å². The number of methoxy groups -OCH3 is 1. The summed E-state index contributed by atoms with van der Waals surface area (Å²) in [5, 5.41) is 10.3. The molecule has 0 aliphatic heterocycles. The maximum Gasteiger partial charge on any atom is 0.346 e. The standard InChI is InChI=1S/C13H14O4/c1-17-12(15)13(16,10-7-8-10)11(14)9-5-3-2-4-6-9/h2-6,10,16H,7-8H2,1H3. The maximum atomic E-state index is 12.2. The Morgan fingerprint density at radius 1 is 1.29 bits per heavy atom. The highest BCUT2D eigenvalue weighted by Crippen LogP contribution is 2.42. The molecule has 1 fully saturated rings. The van der Waals surface area contributed by atoms with Gasteiger partial charge in [-0.2, -0.15) is 0 Å². The van der Waals surface area contributed by atoms with Gasteiger partial charge in [0.15, 0.2) is 0 Å². The van der Waals surface area contributed by atoms with Crippen molar-refractivity contribution in [3.63, 3.8) is 0 Å². The molecule has 1 aromatic rings. The third-order valence-corrected chi connectivity index (χ3v) is 3.05. The Balaban J connectivity index is 2.35. The van der Waals surface area contributed by atoms with Gasteiger partial charge in [0.1, 0.15) is 0 Å². The van der Waals surface area contributed by atoms with Gasteiger partial charge in [-0.1, -0.05) is 30.3 Å². The highest BCUT2D eigenvalue weighted by Gasteiger charge is 2.56. The molecule has 0 amide bonds. The third-order valence-electron chi connectivity index (χ3n) is 3.05. The number of ether oxygens (including phenoxy) is 1. The van der Waals surface area contributed by atoms with Gasteiger partial charge in [0.25, 0.3) is 0 Å². The Morgan fingerprint density at radius 2 is 1.88 bits per heavy atom. The summed E-state index contributed by atoms with van der Waals surface area (Å²) < 4.78 is 4.55. The minimum Gasteiger partial charge on any atom is -0.467 e. The van der Waals surface area contributed by atoms with Gasteiger partial charge in [0, 0.05) is 11.5 Å². The average molecular weight is 234 g/mol. The van der Waals surface area contributed by atoms with Crippen LogP contribution in [0.4, 0.5) is 0 Å². The zero-order chi connectivity index (χ0) is 12.5. The second-order valence-electron chi connectivity index (χ2n) is 4.23. The van der Waals surface area contributed by atoms with Gasteiger partial charge in [-0.25, -0.2) is 4.79 Å². The van der Waals surface area contributed by atoms with Gasteiger partial charge in [0.2, 0.25) is 11.4 Å². The number of carbonyl (C=O) groups excluding carboxylic acids is 2. The van der Waals surface area contributed by atoms with E-state index in [1.165, 1.54) is 7.11 Å². The van der Waals surface area contributed by atoms with Gasteiger partial charge in [-0.05, 0) is 12.8 Å². The molecule has 1 aliphatic carbocycles. The van der Waals surface area contributed by atoms with Gasteiger partial charge in [-0.3, -0.25) is 4.79 Å². The quantitative estimate of drug-likeness (QED) is 0.483. The van der Waals surface area contributed by atoms with Gasteiger partial charge >= 0.3 is 5.97 Å². The summed E-state index contributed by atoms with van der Waals surface area (Å²) in [6.07, 6.45) is 1.34. The van der Waals surface area contributed by atoms with Crippen molar-refractivity contribution in [3.05, 3.63) is 35.9 Å². The number of Topliss-reactive ketones (excluding diaryl/α,β-unsaturated/α-hetero) is 1. The summed E-state index contributed by atoms with van der Waals surface area (Å²) in [7, 11) is 1.17. The second kappa shape index (κ2) is 4.30. The lowest BCUT2D eigenvalue weighted by Crippen LogP contribution is -2.49. The monoisotopic (exact) mass is 234 g/mol. The maximum absolute atomic E-state index is 12.2. The molecule has 0 spiro atoms. The molecule has 0 radical (unpaired) electrons. The smallest absolute Gasteiger partial charge is 0.346 e. The molecule has 0 saturated heterocycles. The van der Waals surface area contributed by atoms with Crippen LogP contribution in [0, 0.1) is 5.92 Å². The molecule has 1 aromatic carbocycles. The molecule has 1 atom stereocenters. The van der Waals surface area contributed by atoms with Crippen LogP contribution in [-0.4, -0.2) is 29.6 Å². The molecule has 1 unspecified atom stereocenters. The molecule has 4 heteroatoms. The molecule has 17 heavy (non-hydrogen) atoms. The first-order valence-corrected chi connectivity index (χ1v) is 5.51. The summed E-state index contributed by atoms with van der Waals surface area (Å²) in [6.45, 7) is 0. The minimum atomic E-state index is -2.02. The molecule has 0 aromatic heterocycles. The van der Waals surface area contributed by atoms with E-state index in [2.05, 4.69) is 4.74 Å². The normalized spacial score (nSPS) is 18.2. The van der Waals surface area contributed by atoms with Crippen molar-refractivity contribution >= 4 is 11.8 Å².